The van der Waals surface area contributed by atoms with Gasteiger partial charge in [0.25, 0.3) is 0 Å². The first-order valence-corrected chi connectivity index (χ1v) is 8.02. The molecule has 0 radical (unpaired) electrons. The van der Waals surface area contributed by atoms with E-state index in [9.17, 15) is 14.0 Å². The van der Waals surface area contributed by atoms with Crippen LogP contribution in [0.25, 0.3) is 0 Å². The molecule has 2 aromatic carbocycles. The number of aryl methyl sites for hydroxylation is 1. The molecule has 6 heteroatoms. The van der Waals surface area contributed by atoms with Crippen LogP contribution < -0.4 is 10.6 Å². The van der Waals surface area contributed by atoms with Crippen molar-refractivity contribution >= 4 is 23.2 Å². The third kappa shape index (κ3) is 6.25. The Morgan fingerprint density at radius 2 is 1.56 bits per heavy atom. The Bertz CT molecular complexity index is 712. The minimum absolute atomic E-state index is 0.0873. The molecule has 2 amide bonds. The van der Waals surface area contributed by atoms with Crippen LogP contribution in [0.3, 0.4) is 0 Å². The molecule has 0 atom stereocenters. The van der Waals surface area contributed by atoms with Crippen molar-refractivity contribution in [2.45, 2.75) is 12.8 Å². The minimum atomic E-state index is -0.317. The van der Waals surface area contributed by atoms with Gasteiger partial charge in [0, 0.05) is 31.9 Å². The number of halogens is 1. The first kappa shape index (κ1) is 18.4. The lowest BCUT2D eigenvalue weighted by Gasteiger charge is -2.10. The van der Waals surface area contributed by atoms with Gasteiger partial charge in [-0.05, 0) is 48.4 Å². The van der Waals surface area contributed by atoms with Crippen molar-refractivity contribution in [2.75, 3.05) is 31.3 Å². The van der Waals surface area contributed by atoms with Crippen LogP contribution in [0.2, 0.25) is 0 Å². The SMILES string of the molecule is CN(C)C(=O)CCc1ccc(NC(=O)CNc2ccc(F)cc2)cc1. The quantitative estimate of drug-likeness (QED) is 0.813. The Balaban J connectivity index is 1.78. The van der Waals surface area contributed by atoms with Crippen LogP contribution in [-0.4, -0.2) is 37.4 Å². The molecule has 5 nitrogen and oxygen atoms in total. The standard InChI is InChI=1S/C19H22FN3O2/c1-23(2)19(25)12-5-14-3-8-17(9-4-14)22-18(24)13-21-16-10-6-15(20)7-11-16/h3-4,6-11,21H,5,12-13H2,1-2H3,(H,22,24). The van der Waals surface area contributed by atoms with Crippen LogP contribution in [0.15, 0.2) is 48.5 Å². The van der Waals surface area contributed by atoms with Crippen LogP contribution in [0.4, 0.5) is 15.8 Å². The summed E-state index contributed by atoms with van der Waals surface area (Å²) in [5.74, 6) is -0.425. The maximum Gasteiger partial charge on any atom is 0.243 e. The number of anilines is 2. The summed E-state index contributed by atoms with van der Waals surface area (Å²) in [4.78, 5) is 25.1. The Morgan fingerprint density at radius 3 is 2.16 bits per heavy atom. The largest absolute Gasteiger partial charge is 0.376 e. The van der Waals surface area contributed by atoms with E-state index in [1.54, 1.807) is 31.1 Å². The van der Waals surface area contributed by atoms with Gasteiger partial charge < -0.3 is 15.5 Å². The van der Waals surface area contributed by atoms with Gasteiger partial charge in [-0.25, -0.2) is 4.39 Å². The van der Waals surface area contributed by atoms with Crippen LogP contribution in [0.1, 0.15) is 12.0 Å². The predicted octanol–water partition coefficient (Wildman–Crippen LogP) is 2.90. The van der Waals surface area contributed by atoms with Gasteiger partial charge in [0.15, 0.2) is 0 Å². The molecule has 2 rings (SSSR count). The molecular weight excluding hydrogens is 321 g/mol. The van der Waals surface area contributed by atoms with E-state index in [0.29, 0.717) is 24.2 Å². The van der Waals surface area contributed by atoms with Crippen molar-refractivity contribution in [3.63, 3.8) is 0 Å². The second-order valence-corrected chi connectivity index (χ2v) is 5.89. The summed E-state index contributed by atoms with van der Waals surface area (Å²) >= 11 is 0. The monoisotopic (exact) mass is 343 g/mol. The highest BCUT2D eigenvalue weighted by Gasteiger charge is 2.06. The third-order valence-electron chi connectivity index (χ3n) is 3.66. The van der Waals surface area contributed by atoms with Crippen molar-refractivity contribution in [3.8, 4) is 0 Å². The van der Waals surface area contributed by atoms with E-state index in [1.807, 2.05) is 24.3 Å². The fourth-order valence-corrected chi connectivity index (χ4v) is 2.18. The zero-order chi connectivity index (χ0) is 18.2. The molecule has 0 saturated carbocycles. The molecule has 2 aromatic rings. The van der Waals surface area contributed by atoms with E-state index in [-0.39, 0.29) is 24.2 Å². The van der Waals surface area contributed by atoms with Crippen LogP contribution in [0.5, 0.6) is 0 Å². The first-order valence-electron chi connectivity index (χ1n) is 8.02. The molecule has 25 heavy (non-hydrogen) atoms. The van der Waals surface area contributed by atoms with Gasteiger partial charge in [-0.2, -0.15) is 0 Å². The summed E-state index contributed by atoms with van der Waals surface area (Å²) in [6.45, 7) is 0.0880. The van der Waals surface area contributed by atoms with Crippen LogP contribution >= 0.6 is 0 Å². The van der Waals surface area contributed by atoms with E-state index in [4.69, 9.17) is 0 Å². The summed E-state index contributed by atoms with van der Waals surface area (Å²) in [5, 5.41) is 5.71. The van der Waals surface area contributed by atoms with Gasteiger partial charge in [0.1, 0.15) is 5.82 Å². The minimum Gasteiger partial charge on any atom is -0.376 e. The fourth-order valence-electron chi connectivity index (χ4n) is 2.18. The lowest BCUT2D eigenvalue weighted by molar-refractivity contribution is -0.128. The summed E-state index contributed by atoms with van der Waals surface area (Å²) in [6.07, 6.45) is 1.12. The van der Waals surface area contributed by atoms with Crippen molar-refractivity contribution in [2.24, 2.45) is 0 Å². The molecule has 132 valence electrons. The Kier molecular flexibility index (Phi) is 6.51. The van der Waals surface area contributed by atoms with E-state index in [1.165, 1.54) is 12.1 Å². The lowest BCUT2D eigenvalue weighted by Crippen LogP contribution is -2.22. The summed E-state index contributed by atoms with van der Waals surface area (Å²) in [5.41, 5.74) is 2.41. The number of carbonyl (C=O) groups is 2. The maximum absolute atomic E-state index is 12.8. The first-order chi connectivity index (χ1) is 11.9. The van der Waals surface area contributed by atoms with E-state index in [2.05, 4.69) is 10.6 Å². The maximum atomic E-state index is 12.8. The number of hydrogen-bond donors (Lipinski definition) is 2. The number of benzene rings is 2. The lowest BCUT2D eigenvalue weighted by atomic mass is 10.1. The normalized spacial score (nSPS) is 10.2. The Labute approximate surface area is 146 Å². The number of carbonyl (C=O) groups excluding carboxylic acids is 2. The molecule has 0 unspecified atom stereocenters. The molecule has 0 aromatic heterocycles. The predicted molar refractivity (Wildman–Crippen MR) is 97.0 cm³/mol. The molecule has 2 N–H and O–H groups in total. The van der Waals surface area contributed by atoms with E-state index >= 15 is 0 Å². The zero-order valence-electron chi connectivity index (χ0n) is 14.4. The average molecular weight is 343 g/mol. The van der Waals surface area contributed by atoms with Crippen LogP contribution in [0, 0.1) is 5.82 Å². The molecule has 0 aliphatic rings. The van der Waals surface area contributed by atoms with E-state index < -0.39 is 0 Å². The highest BCUT2D eigenvalue weighted by atomic mass is 19.1. The second-order valence-electron chi connectivity index (χ2n) is 5.89. The van der Waals surface area contributed by atoms with Crippen molar-refractivity contribution in [1.82, 2.24) is 4.90 Å². The number of nitrogens with zero attached hydrogens (tertiary/aromatic N) is 1. The van der Waals surface area contributed by atoms with Gasteiger partial charge in [0.05, 0.1) is 6.54 Å². The molecule has 0 bridgehead atoms. The smallest absolute Gasteiger partial charge is 0.243 e. The Morgan fingerprint density at radius 1 is 0.960 bits per heavy atom. The number of rotatable bonds is 7. The topological polar surface area (TPSA) is 61.4 Å². The fraction of sp³-hybridized carbons (Fsp3) is 0.263. The molecule has 0 spiro atoms. The molecule has 0 saturated heterocycles. The van der Waals surface area contributed by atoms with Gasteiger partial charge >= 0.3 is 0 Å². The summed E-state index contributed by atoms with van der Waals surface area (Å²) < 4.78 is 12.8. The number of amides is 2. The average Bonchev–Trinajstić information content (AvgIpc) is 2.60. The molecule has 0 fully saturated rings. The summed E-state index contributed by atoms with van der Waals surface area (Å²) in [7, 11) is 3.47. The van der Waals surface area contributed by atoms with Crippen molar-refractivity contribution in [1.29, 1.82) is 0 Å². The van der Waals surface area contributed by atoms with Gasteiger partial charge in [-0.15, -0.1) is 0 Å². The number of hydrogen-bond acceptors (Lipinski definition) is 3. The van der Waals surface area contributed by atoms with Crippen molar-refractivity contribution in [3.05, 3.63) is 59.9 Å². The molecule has 0 heterocycles. The van der Waals surface area contributed by atoms with Crippen LogP contribution in [-0.2, 0) is 16.0 Å². The van der Waals surface area contributed by atoms with Gasteiger partial charge in [0.2, 0.25) is 11.8 Å². The summed E-state index contributed by atoms with van der Waals surface area (Å²) in [6, 6.07) is 13.2. The molecule has 0 aliphatic carbocycles. The zero-order valence-corrected chi connectivity index (χ0v) is 14.4. The van der Waals surface area contributed by atoms with Gasteiger partial charge in [-0.1, -0.05) is 12.1 Å². The number of nitrogens with one attached hydrogen (secondary N) is 2. The Hall–Kier alpha value is -2.89. The van der Waals surface area contributed by atoms with Gasteiger partial charge in [-0.3, -0.25) is 9.59 Å². The second kappa shape index (κ2) is 8.82. The highest BCUT2D eigenvalue weighted by Crippen LogP contribution is 2.12. The molecular formula is C19H22FN3O2. The molecule has 0 aliphatic heterocycles. The van der Waals surface area contributed by atoms with E-state index in [0.717, 1.165) is 5.56 Å². The van der Waals surface area contributed by atoms with Crippen molar-refractivity contribution < 1.29 is 14.0 Å². The highest BCUT2D eigenvalue weighted by molar-refractivity contribution is 5.93. The third-order valence-corrected chi connectivity index (χ3v) is 3.66.